The predicted octanol–water partition coefficient (Wildman–Crippen LogP) is 10.5. The first-order valence-corrected chi connectivity index (χ1v) is 25.0. The molecule has 2 amide bonds. The standard InChI is InChI=1S/C56H58F4N10O4/c1-61-55(71)46-29-65(3)51-41(32-9-12-74-13-10-32)17-37(18-42(46)51)70-26-31(14-34-16-40(36-24-64-67(5)28-36)45(54(59)60)22-49(34)70)25-68-30-47(56(72)62-2)43-19-38(20-50(73-6)52(43)68)69-11-7-8-33-15-39(35-23-63-66(4)27-35)44(53(57)58)21-48(33)69/h15-24,27-32,53-54H,7-14,25-26H2,1-6H3,(H,61,71)(H,62,72). The highest BCUT2D eigenvalue weighted by Gasteiger charge is 2.34. The molecule has 384 valence electrons. The van der Waals surface area contributed by atoms with Crippen LogP contribution in [0.3, 0.4) is 0 Å². The van der Waals surface area contributed by atoms with Gasteiger partial charge in [-0.3, -0.25) is 19.0 Å². The Bertz CT molecular complexity index is 3500. The lowest BCUT2D eigenvalue weighted by Crippen LogP contribution is -2.34. The second-order valence-corrected chi connectivity index (χ2v) is 19.8. The summed E-state index contributed by atoms with van der Waals surface area (Å²) in [4.78, 5) is 31.6. The molecule has 3 aliphatic rings. The summed E-state index contributed by atoms with van der Waals surface area (Å²) in [5.74, 6) is -0.0847. The summed E-state index contributed by atoms with van der Waals surface area (Å²) < 4.78 is 79.8. The van der Waals surface area contributed by atoms with Gasteiger partial charge < -0.3 is 39.0 Å². The van der Waals surface area contributed by atoms with Crippen LogP contribution in [0.15, 0.2) is 85.7 Å². The van der Waals surface area contributed by atoms with Crippen LogP contribution < -0.4 is 25.2 Å². The van der Waals surface area contributed by atoms with Crippen LogP contribution in [0.25, 0.3) is 44.1 Å². The van der Waals surface area contributed by atoms with Crippen LogP contribution in [0, 0.1) is 5.92 Å². The average molecular weight is 1010 g/mol. The van der Waals surface area contributed by atoms with Gasteiger partial charge in [0.1, 0.15) is 5.75 Å². The molecule has 18 heteroatoms. The summed E-state index contributed by atoms with van der Waals surface area (Å²) in [6.07, 6.45) is 8.37. The van der Waals surface area contributed by atoms with E-state index in [1.54, 1.807) is 81.6 Å². The third-order valence-electron chi connectivity index (χ3n) is 15.3. The number of anilines is 4. The minimum Gasteiger partial charge on any atom is -0.494 e. The van der Waals surface area contributed by atoms with Crippen molar-refractivity contribution in [3.05, 3.63) is 125 Å². The fourth-order valence-corrected chi connectivity index (χ4v) is 11.9. The van der Waals surface area contributed by atoms with Crippen molar-refractivity contribution in [2.45, 2.75) is 57.4 Å². The van der Waals surface area contributed by atoms with Crippen LogP contribution in [-0.4, -0.2) is 88.0 Å². The maximum absolute atomic E-state index is 15.4. The molecule has 14 nitrogen and oxygen atoms in total. The van der Waals surface area contributed by atoms with Crippen molar-refractivity contribution in [1.29, 1.82) is 0 Å². The molecule has 4 aromatic carbocycles. The van der Waals surface area contributed by atoms with Gasteiger partial charge in [0.05, 0.1) is 41.7 Å². The first-order chi connectivity index (χ1) is 35.7. The van der Waals surface area contributed by atoms with E-state index in [2.05, 4.69) is 31.8 Å². The van der Waals surface area contributed by atoms with E-state index in [1.807, 2.05) is 63.8 Å². The molecular weight excluding hydrogens is 953 g/mol. The second kappa shape index (κ2) is 19.3. The van der Waals surface area contributed by atoms with Crippen molar-refractivity contribution in [2.24, 2.45) is 27.1 Å². The lowest BCUT2D eigenvalue weighted by molar-refractivity contribution is 0.0855. The van der Waals surface area contributed by atoms with E-state index in [9.17, 15) is 18.4 Å². The third kappa shape index (κ3) is 8.51. The number of nitrogens with zero attached hydrogens (tertiary/aromatic N) is 8. The SMILES string of the molecule is CNC(=O)c1cn(C)c2c(C3CCOCC3)cc(N3CC(Cn4cc(C(=O)NC)c5cc(N6CCCc7cc(-c8cnn(C)c8)c(C(F)F)cc76)cc(OC)c54)Cc4cc(-c5cnn(C)c5)c(C(F)F)cc43)cc12. The maximum atomic E-state index is 15.4. The number of rotatable bonds is 12. The smallest absolute Gasteiger partial charge is 0.264 e. The normalized spacial score (nSPS) is 16.1. The molecule has 1 unspecified atom stereocenters. The molecule has 4 aromatic heterocycles. The van der Waals surface area contributed by atoms with Gasteiger partial charge >= 0.3 is 0 Å². The highest BCUT2D eigenvalue weighted by molar-refractivity contribution is 6.10. The molecule has 3 aliphatic heterocycles. The molecule has 1 atom stereocenters. The van der Waals surface area contributed by atoms with Gasteiger partial charge in [-0.25, -0.2) is 17.6 Å². The van der Waals surface area contributed by atoms with Crippen LogP contribution in [0.1, 0.15) is 86.6 Å². The van der Waals surface area contributed by atoms with Crippen LogP contribution >= 0.6 is 0 Å². The summed E-state index contributed by atoms with van der Waals surface area (Å²) in [5.41, 5.74) is 9.98. The van der Waals surface area contributed by atoms with E-state index in [0.29, 0.717) is 113 Å². The number of benzene rings is 4. The number of alkyl halides is 4. The van der Waals surface area contributed by atoms with E-state index in [-0.39, 0.29) is 34.8 Å². The number of halogens is 4. The summed E-state index contributed by atoms with van der Waals surface area (Å²) in [6.45, 7) is 2.53. The summed E-state index contributed by atoms with van der Waals surface area (Å²) in [6, 6.07) is 14.9. The quantitative estimate of drug-likeness (QED) is 0.116. The fourth-order valence-electron chi connectivity index (χ4n) is 11.9. The van der Waals surface area contributed by atoms with Crippen LogP contribution in [0.4, 0.5) is 40.3 Å². The Morgan fingerprint density at radius 1 is 0.730 bits per heavy atom. The van der Waals surface area contributed by atoms with Crippen LogP contribution in [0.2, 0.25) is 0 Å². The molecule has 0 bridgehead atoms. The van der Waals surface area contributed by atoms with Crippen molar-refractivity contribution in [3.63, 3.8) is 0 Å². The maximum Gasteiger partial charge on any atom is 0.264 e. The minimum atomic E-state index is -2.79. The summed E-state index contributed by atoms with van der Waals surface area (Å²) >= 11 is 0. The summed E-state index contributed by atoms with van der Waals surface area (Å²) in [5, 5.41) is 15.6. The lowest BCUT2D eigenvalue weighted by atomic mass is 9.86. The first kappa shape index (κ1) is 48.7. The third-order valence-corrected chi connectivity index (χ3v) is 15.3. The van der Waals surface area contributed by atoms with Gasteiger partial charge in [0, 0.05) is 155 Å². The molecule has 8 aromatic rings. The fraction of sp³-hybridized carbons (Fsp3) is 0.357. The predicted molar refractivity (Wildman–Crippen MR) is 278 cm³/mol. The number of aryl methyl sites for hydroxylation is 4. The number of methoxy groups -OCH3 is 1. The highest BCUT2D eigenvalue weighted by atomic mass is 19.3. The number of amides is 2. The van der Waals surface area contributed by atoms with Crippen molar-refractivity contribution < 1.29 is 36.6 Å². The minimum absolute atomic E-state index is 0.0922. The Morgan fingerprint density at radius 3 is 1.89 bits per heavy atom. The van der Waals surface area contributed by atoms with Gasteiger partial charge in [-0.05, 0) is 114 Å². The van der Waals surface area contributed by atoms with Crippen LogP contribution in [-0.2, 0) is 45.3 Å². The molecule has 0 spiro atoms. The first-order valence-electron chi connectivity index (χ1n) is 25.0. The molecular formula is C56H58F4N10O4. The Balaban J connectivity index is 1.05. The number of aromatic nitrogens is 6. The van der Waals surface area contributed by atoms with E-state index in [4.69, 9.17) is 9.47 Å². The van der Waals surface area contributed by atoms with Crippen molar-refractivity contribution in [3.8, 4) is 28.0 Å². The molecule has 0 saturated carbocycles. The molecule has 7 heterocycles. The largest absolute Gasteiger partial charge is 0.494 e. The van der Waals surface area contributed by atoms with Gasteiger partial charge in [-0.15, -0.1) is 0 Å². The second-order valence-electron chi connectivity index (χ2n) is 19.8. The Labute approximate surface area is 425 Å². The summed E-state index contributed by atoms with van der Waals surface area (Å²) in [7, 11) is 10.2. The van der Waals surface area contributed by atoms with Crippen molar-refractivity contribution >= 4 is 56.4 Å². The van der Waals surface area contributed by atoms with Gasteiger partial charge in [-0.1, -0.05) is 0 Å². The molecule has 1 fully saturated rings. The number of hydrogen-bond donors (Lipinski definition) is 2. The number of carbonyl (C=O) groups is 2. The van der Waals surface area contributed by atoms with Gasteiger partial charge in [0.15, 0.2) is 0 Å². The Morgan fingerprint density at radius 2 is 1.31 bits per heavy atom. The number of nitrogens with one attached hydrogen (secondary N) is 2. The van der Waals surface area contributed by atoms with Gasteiger partial charge in [0.25, 0.3) is 24.7 Å². The Hall–Kier alpha value is -7.60. The van der Waals surface area contributed by atoms with E-state index in [1.165, 1.54) is 0 Å². The number of fused-ring (bicyclic) bond motifs is 4. The van der Waals surface area contributed by atoms with Crippen LogP contribution in [0.5, 0.6) is 5.75 Å². The Kier molecular flexibility index (Phi) is 12.7. The number of carbonyl (C=O) groups excluding carboxylic acids is 2. The molecule has 0 aliphatic carbocycles. The average Bonchev–Trinajstić information content (AvgIpc) is 4.23. The van der Waals surface area contributed by atoms with Gasteiger partial charge in [0.2, 0.25) is 0 Å². The molecule has 74 heavy (non-hydrogen) atoms. The zero-order valence-corrected chi connectivity index (χ0v) is 42.2. The molecule has 2 N–H and O–H groups in total. The highest BCUT2D eigenvalue weighted by Crippen LogP contribution is 2.48. The molecule has 1 saturated heterocycles. The topological polar surface area (TPSA) is 129 Å². The van der Waals surface area contributed by atoms with E-state index in [0.717, 1.165) is 52.5 Å². The zero-order chi connectivity index (χ0) is 51.7. The zero-order valence-electron chi connectivity index (χ0n) is 42.2. The van der Waals surface area contributed by atoms with Crippen molar-refractivity contribution in [2.75, 3.05) is 57.3 Å². The number of hydrogen-bond acceptors (Lipinski definition) is 8. The molecule has 0 radical (unpaired) electrons. The van der Waals surface area contributed by atoms with E-state index < -0.39 is 12.9 Å². The lowest BCUT2D eigenvalue weighted by Gasteiger charge is -2.38. The van der Waals surface area contributed by atoms with Gasteiger partial charge in [-0.2, -0.15) is 10.2 Å². The van der Waals surface area contributed by atoms with E-state index >= 15 is 8.78 Å². The molecule has 11 rings (SSSR count). The number of ether oxygens (including phenoxy) is 2. The monoisotopic (exact) mass is 1010 g/mol. The van der Waals surface area contributed by atoms with Crippen molar-refractivity contribution in [1.82, 2.24) is 39.3 Å².